The first kappa shape index (κ1) is 27.9. The molecule has 0 aliphatic heterocycles. The lowest BCUT2D eigenvalue weighted by atomic mass is 9.78. The molecule has 0 atom stereocenters. The summed E-state index contributed by atoms with van der Waals surface area (Å²) in [6.07, 6.45) is 3.83. The van der Waals surface area contributed by atoms with E-state index in [0.29, 0.717) is 32.1 Å². The van der Waals surface area contributed by atoms with E-state index < -0.39 is 34.9 Å². The third-order valence-electron chi connectivity index (χ3n) is 7.21. The van der Waals surface area contributed by atoms with Gasteiger partial charge in [0.15, 0.2) is 34.8 Å². The van der Waals surface area contributed by atoms with Crippen LogP contribution in [-0.4, -0.2) is 13.2 Å². The highest BCUT2D eigenvalue weighted by Crippen LogP contribution is 2.40. The highest BCUT2D eigenvalue weighted by Gasteiger charge is 2.28. The van der Waals surface area contributed by atoms with Gasteiger partial charge >= 0.3 is 0 Å². The fourth-order valence-corrected chi connectivity index (χ4v) is 4.85. The molecule has 1 aliphatic carbocycles. The molecule has 1 aliphatic rings. The minimum absolute atomic E-state index is 0.0531. The van der Waals surface area contributed by atoms with E-state index in [9.17, 15) is 17.6 Å². The predicted molar refractivity (Wildman–Crippen MR) is 133 cm³/mol. The van der Waals surface area contributed by atoms with Crippen LogP contribution in [0.2, 0.25) is 0 Å². The first-order valence-corrected chi connectivity index (χ1v) is 12.9. The van der Waals surface area contributed by atoms with Crippen LogP contribution in [0.4, 0.5) is 26.3 Å². The minimum Gasteiger partial charge on any atom is -0.490 e. The van der Waals surface area contributed by atoms with Crippen molar-refractivity contribution >= 4 is 0 Å². The van der Waals surface area contributed by atoms with Crippen LogP contribution >= 0.6 is 0 Å². The maximum Gasteiger partial charge on any atom is 0.201 e. The molecular weight excluding hydrogens is 506 g/mol. The van der Waals surface area contributed by atoms with Crippen LogP contribution in [0.25, 0.3) is 11.1 Å². The van der Waals surface area contributed by atoms with E-state index >= 15 is 8.78 Å². The van der Waals surface area contributed by atoms with Crippen molar-refractivity contribution in [2.24, 2.45) is 5.92 Å². The van der Waals surface area contributed by atoms with E-state index in [1.165, 1.54) is 43.3 Å². The molecule has 0 N–H and O–H groups in total. The van der Waals surface area contributed by atoms with Crippen molar-refractivity contribution in [3.05, 3.63) is 82.4 Å². The molecular formula is C30H30F6O2. The Kier molecular flexibility index (Phi) is 8.90. The lowest BCUT2D eigenvalue weighted by Crippen LogP contribution is -2.20. The molecule has 1 fully saturated rings. The van der Waals surface area contributed by atoms with Crippen molar-refractivity contribution < 1.29 is 35.8 Å². The molecule has 0 radical (unpaired) electrons. The molecule has 8 heteroatoms. The molecule has 2 nitrogen and oxygen atoms in total. The average Bonchev–Trinajstić information content (AvgIpc) is 2.92. The lowest BCUT2D eigenvalue weighted by molar-refractivity contribution is 0.191. The van der Waals surface area contributed by atoms with Gasteiger partial charge in [0.1, 0.15) is 0 Å². The SMILES string of the molecule is CCCCOc1ccc(-c2ccc(C3CCC(COc4ccc(C)c(F)c4F)CC3)c(F)c2F)c(F)c1F. The van der Waals surface area contributed by atoms with Gasteiger partial charge in [0, 0.05) is 11.1 Å². The highest BCUT2D eigenvalue weighted by atomic mass is 19.2. The average molecular weight is 537 g/mol. The molecule has 0 bridgehead atoms. The standard InChI is InChI=1S/C30H30F6O2/c1-3-4-15-37-23-14-12-22(28(34)30(23)36)21-11-10-20(26(32)27(21)33)19-8-6-18(7-9-19)16-38-24-13-5-17(2)25(31)29(24)35/h5,10-14,18-19H,3-4,6-9,15-16H2,1-2H3. The van der Waals surface area contributed by atoms with Gasteiger partial charge in [-0.05, 0) is 80.2 Å². The number of hydrogen-bond acceptors (Lipinski definition) is 2. The molecule has 0 saturated heterocycles. The summed E-state index contributed by atoms with van der Waals surface area (Å²) in [7, 11) is 0. The zero-order valence-electron chi connectivity index (χ0n) is 21.4. The van der Waals surface area contributed by atoms with Gasteiger partial charge in [0.05, 0.1) is 13.2 Å². The summed E-state index contributed by atoms with van der Waals surface area (Å²) in [5.74, 6) is -7.44. The third-order valence-corrected chi connectivity index (χ3v) is 7.21. The van der Waals surface area contributed by atoms with Crippen molar-refractivity contribution in [3.8, 4) is 22.6 Å². The van der Waals surface area contributed by atoms with Crippen LogP contribution in [0.15, 0.2) is 36.4 Å². The summed E-state index contributed by atoms with van der Waals surface area (Å²) in [6, 6.07) is 7.93. The molecule has 1 saturated carbocycles. The number of benzene rings is 3. The normalized spacial score (nSPS) is 17.5. The zero-order valence-corrected chi connectivity index (χ0v) is 21.4. The maximum absolute atomic E-state index is 15.1. The van der Waals surface area contributed by atoms with E-state index in [-0.39, 0.29) is 58.8 Å². The first-order valence-electron chi connectivity index (χ1n) is 12.9. The number of ether oxygens (including phenoxy) is 2. The summed E-state index contributed by atoms with van der Waals surface area (Å²) in [4.78, 5) is 0. The van der Waals surface area contributed by atoms with Crippen molar-refractivity contribution in [1.29, 1.82) is 0 Å². The molecule has 0 heterocycles. The summed E-state index contributed by atoms with van der Waals surface area (Å²) in [5.41, 5.74) is -0.374. The second-order valence-corrected chi connectivity index (χ2v) is 9.81. The lowest BCUT2D eigenvalue weighted by Gasteiger charge is -2.29. The molecule has 0 amide bonds. The second kappa shape index (κ2) is 12.1. The molecule has 3 aromatic carbocycles. The van der Waals surface area contributed by atoms with Gasteiger partial charge in [-0.15, -0.1) is 0 Å². The van der Waals surface area contributed by atoms with E-state index in [2.05, 4.69) is 0 Å². The van der Waals surface area contributed by atoms with Gasteiger partial charge in [-0.25, -0.2) is 17.6 Å². The van der Waals surface area contributed by atoms with Crippen LogP contribution < -0.4 is 9.47 Å². The molecule has 38 heavy (non-hydrogen) atoms. The van der Waals surface area contributed by atoms with Crippen LogP contribution in [0.5, 0.6) is 11.5 Å². The third kappa shape index (κ3) is 5.79. The Balaban J connectivity index is 1.42. The van der Waals surface area contributed by atoms with Crippen LogP contribution in [0.1, 0.15) is 62.5 Å². The first-order chi connectivity index (χ1) is 18.2. The summed E-state index contributed by atoms with van der Waals surface area (Å²) >= 11 is 0. The van der Waals surface area contributed by atoms with Crippen molar-refractivity contribution in [1.82, 2.24) is 0 Å². The van der Waals surface area contributed by atoms with Gasteiger partial charge in [-0.2, -0.15) is 8.78 Å². The minimum atomic E-state index is -1.30. The Morgan fingerprint density at radius 2 is 1.24 bits per heavy atom. The van der Waals surface area contributed by atoms with Crippen molar-refractivity contribution in [2.75, 3.05) is 13.2 Å². The van der Waals surface area contributed by atoms with Gasteiger partial charge in [-0.1, -0.05) is 31.5 Å². The second-order valence-electron chi connectivity index (χ2n) is 9.81. The molecule has 0 spiro atoms. The van der Waals surface area contributed by atoms with Gasteiger partial charge in [0.2, 0.25) is 11.6 Å². The highest BCUT2D eigenvalue weighted by molar-refractivity contribution is 5.66. The number of aryl methyl sites for hydroxylation is 1. The molecule has 0 unspecified atom stereocenters. The number of rotatable bonds is 9. The van der Waals surface area contributed by atoms with Crippen molar-refractivity contribution in [3.63, 3.8) is 0 Å². The van der Waals surface area contributed by atoms with E-state index in [4.69, 9.17) is 9.47 Å². The maximum atomic E-state index is 15.1. The Labute approximate surface area is 218 Å². The Morgan fingerprint density at radius 3 is 1.92 bits per heavy atom. The fraction of sp³-hybridized carbons (Fsp3) is 0.400. The van der Waals surface area contributed by atoms with Crippen molar-refractivity contribution in [2.45, 2.75) is 58.3 Å². The smallest absolute Gasteiger partial charge is 0.201 e. The molecule has 4 rings (SSSR count). The van der Waals surface area contributed by atoms with Gasteiger partial charge in [0.25, 0.3) is 0 Å². The monoisotopic (exact) mass is 536 g/mol. The largest absolute Gasteiger partial charge is 0.490 e. The number of hydrogen-bond donors (Lipinski definition) is 0. The van der Waals surface area contributed by atoms with Crippen LogP contribution in [0.3, 0.4) is 0 Å². The van der Waals surface area contributed by atoms with Gasteiger partial charge < -0.3 is 9.47 Å². The molecule has 0 aromatic heterocycles. The van der Waals surface area contributed by atoms with Gasteiger partial charge in [-0.3, -0.25) is 0 Å². The van der Waals surface area contributed by atoms with E-state index in [0.717, 1.165) is 6.42 Å². The summed E-state index contributed by atoms with van der Waals surface area (Å²) in [6.45, 7) is 3.81. The van der Waals surface area contributed by atoms with E-state index in [1.54, 1.807) is 0 Å². The fourth-order valence-electron chi connectivity index (χ4n) is 4.85. The van der Waals surface area contributed by atoms with Crippen LogP contribution in [0, 0.1) is 47.7 Å². The molecule has 204 valence electrons. The quantitative estimate of drug-likeness (QED) is 0.201. The number of unbranched alkanes of at least 4 members (excludes halogenated alkanes) is 1. The number of halogens is 6. The topological polar surface area (TPSA) is 18.5 Å². The summed E-state index contributed by atoms with van der Waals surface area (Å²) < 4.78 is 97.9. The summed E-state index contributed by atoms with van der Waals surface area (Å²) in [5, 5.41) is 0. The Bertz CT molecular complexity index is 1280. The van der Waals surface area contributed by atoms with E-state index in [1.807, 2.05) is 6.92 Å². The zero-order chi connectivity index (χ0) is 27.4. The van der Waals surface area contributed by atoms with Crippen LogP contribution in [-0.2, 0) is 0 Å². The molecule has 3 aromatic rings. The predicted octanol–water partition coefficient (Wildman–Crippen LogP) is 9.03. The Hall–Kier alpha value is -3.16. The Morgan fingerprint density at radius 1 is 0.658 bits per heavy atom.